The summed E-state index contributed by atoms with van der Waals surface area (Å²) < 4.78 is 24.6. The van der Waals surface area contributed by atoms with Crippen molar-refractivity contribution in [1.82, 2.24) is 24.3 Å². The summed E-state index contributed by atoms with van der Waals surface area (Å²) in [5.74, 6) is 2.35. The van der Waals surface area contributed by atoms with Gasteiger partial charge in [0.2, 0.25) is 19.5 Å². The second-order valence-corrected chi connectivity index (χ2v) is 10.5. The van der Waals surface area contributed by atoms with Crippen LogP contribution in [-0.2, 0) is 23.6 Å². The second kappa shape index (κ2) is 10.7. The molecule has 5 aromatic rings. The number of rotatable bonds is 8. The fourth-order valence-electron chi connectivity index (χ4n) is 4.77. The van der Waals surface area contributed by atoms with Crippen LogP contribution >= 0.6 is 11.8 Å². The average molecular weight is 586 g/mol. The molecule has 0 fully saturated rings. The number of fused-ring (bicyclic) bond motifs is 4. The van der Waals surface area contributed by atoms with Crippen LogP contribution in [0.5, 0.6) is 23.0 Å². The predicted molar refractivity (Wildman–Crippen MR) is 152 cm³/mol. The lowest BCUT2D eigenvalue weighted by molar-refractivity contribution is -0.121. The van der Waals surface area contributed by atoms with Gasteiger partial charge in [-0.05, 0) is 35.9 Å². The van der Waals surface area contributed by atoms with Crippen molar-refractivity contribution >= 4 is 34.2 Å². The van der Waals surface area contributed by atoms with Gasteiger partial charge in [-0.2, -0.15) is 0 Å². The molecule has 5 heterocycles. The molecule has 2 aromatic carbocycles. The topological polar surface area (TPSA) is 135 Å². The molecule has 1 N–H and O–H groups in total. The molecule has 13 heteroatoms. The van der Waals surface area contributed by atoms with Crippen LogP contribution in [0.1, 0.15) is 17.7 Å². The maximum Gasteiger partial charge on any atom is 0.262 e. The van der Waals surface area contributed by atoms with E-state index in [9.17, 15) is 14.4 Å². The second-order valence-electron chi connectivity index (χ2n) is 9.59. The van der Waals surface area contributed by atoms with Gasteiger partial charge in [-0.25, -0.2) is 9.97 Å². The number of benzene rings is 2. The van der Waals surface area contributed by atoms with E-state index >= 15 is 0 Å². The van der Waals surface area contributed by atoms with E-state index in [-0.39, 0.29) is 43.6 Å². The van der Waals surface area contributed by atoms with E-state index in [0.29, 0.717) is 62.7 Å². The Hall–Kier alpha value is -5.04. The maximum atomic E-state index is 13.7. The van der Waals surface area contributed by atoms with Crippen LogP contribution in [0.2, 0.25) is 0 Å². The molecule has 0 bridgehead atoms. The highest BCUT2D eigenvalue weighted by molar-refractivity contribution is 7.98. The van der Waals surface area contributed by atoms with Crippen molar-refractivity contribution in [3.63, 3.8) is 0 Å². The minimum Gasteiger partial charge on any atom is -0.454 e. The van der Waals surface area contributed by atoms with Gasteiger partial charge in [0.05, 0.1) is 16.6 Å². The fraction of sp³-hybridized carbons (Fsp3) is 0.207. The van der Waals surface area contributed by atoms with Crippen LogP contribution in [0, 0.1) is 0 Å². The van der Waals surface area contributed by atoms with Gasteiger partial charge in [-0.3, -0.25) is 23.4 Å². The lowest BCUT2D eigenvalue weighted by atomic mass is 10.2. The number of hydrogen-bond donors (Lipinski definition) is 1. The molecule has 0 spiro atoms. The first kappa shape index (κ1) is 25.9. The summed E-state index contributed by atoms with van der Waals surface area (Å²) >= 11 is 1.26. The molecule has 0 saturated heterocycles. The third-order valence-corrected chi connectivity index (χ3v) is 7.89. The molecule has 0 radical (unpaired) electrons. The van der Waals surface area contributed by atoms with Crippen molar-refractivity contribution in [3.05, 3.63) is 92.8 Å². The molecule has 42 heavy (non-hydrogen) atoms. The number of nitrogens with zero attached hydrogens (tertiary/aromatic N) is 4. The maximum absolute atomic E-state index is 13.7. The fourth-order valence-corrected chi connectivity index (χ4v) is 5.68. The third-order valence-electron chi connectivity index (χ3n) is 6.88. The van der Waals surface area contributed by atoms with E-state index in [1.54, 1.807) is 36.5 Å². The van der Waals surface area contributed by atoms with Crippen molar-refractivity contribution in [2.45, 2.75) is 30.4 Å². The van der Waals surface area contributed by atoms with E-state index in [1.165, 1.54) is 26.8 Å². The van der Waals surface area contributed by atoms with Crippen molar-refractivity contribution in [2.75, 3.05) is 13.6 Å². The molecule has 3 aromatic heterocycles. The quantitative estimate of drug-likeness (QED) is 0.214. The first-order valence-corrected chi connectivity index (χ1v) is 14.1. The van der Waals surface area contributed by atoms with Crippen LogP contribution in [0.4, 0.5) is 0 Å². The molecule has 0 aliphatic carbocycles. The minimum atomic E-state index is -0.309. The molecule has 1 amide bonds. The van der Waals surface area contributed by atoms with Gasteiger partial charge in [0.1, 0.15) is 5.65 Å². The summed E-state index contributed by atoms with van der Waals surface area (Å²) in [6.07, 6.45) is 1.71. The Morgan fingerprint density at radius 2 is 1.69 bits per heavy atom. The Kier molecular flexibility index (Phi) is 6.62. The number of pyridine rings is 1. The zero-order chi connectivity index (χ0) is 28.6. The van der Waals surface area contributed by atoms with Crippen molar-refractivity contribution in [2.24, 2.45) is 0 Å². The molecule has 212 valence electrons. The average Bonchev–Trinajstić information content (AvgIpc) is 3.66. The normalized spacial score (nSPS) is 13.1. The Balaban J connectivity index is 1.13. The Bertz CT molecular complexity index is 1990. The van der Waals surface area contributed by atoms with Crippen LogP contribution < -0.4 is 35.4 Å². The minimum absolute atomic E-state index is 0.0470. The molecular weight excluding hydrogens is 562 g/mol. The highest BCUT2D eigenvalue weighted by Crippen LogP contribution is 2.35. The van der Waals surface area contributed by atoms with Crippen molar-refractivity contribution in [1.29, 1.82) is 0 Å². The standard InChI is InChI=1S/C29H23N5O7S/c35-26(30-13-17-4-5-21-22(9-17)39-15-38-21)6-8-34-28(37)19-11-23-24(41-16-40-23)12-20(19)32-29(34)42-14-18-10-27(36)33-7-2-1-3-25(33)31-18/h1-5,7,9-12H,6,8,13-16H2,(H,30,35). The molecule has 0 atom stereocenters. The number of amides is 1. The lowest BCUT2D eigenvalue weighted by Gasteiger charge is -2.14. The van der Waals surface area contributed by atoms with Gasteiger partial charge in [-0.15, -0.1) is 0 Å². The van der Waals surface area contributed by atoms with Crippen molar-refractivity contribution < 1.29 is 23.7 Å². The molecule has 2 aliphatic heterocycles. The summed E-state index contributed by atoms with van der Waals surface area (Å²) in [6.45, 7) is 0.637. The summed E-state index contributed by atoms with van der Waals surface area (Å²) in [6, 6.07) is 15.6. The first-order valence-electron chi connectivity index (χ1n) is 13.1. The summed E-state index contributed by atoms with van der Waals surface area (Å²) in [5.41, 5.74) is 1.87. The number of aromatic nitrogens is 4. The van der Waals surface area contributed by atoms with E-state index < -0.39 is 0 Å². The highest BCUT2D eigenvalue weighted by Gasteiger charge is 2.20. The zero-order valence-corrected chi connectivity index (χ0v) is 22.9. The lowest BCUT2D eigenvalue weighted by Crippen LogP contribution is -2.28. The molecular formula is C29H23N5O7S. The highest BCUT2D eigenvalue weighted by atomic mass is 32.2. The van der Waals surface area contributed by atoms with Gasteiger partial charge in [0.25, 0.3) is 11.1 Å². The van der Waals surface area contributed by atoms with Gasteiger partial charge in [0.15, 0.2) is 28.2 Å². The van der Waals surface area contributed by atoms with Crippen LogP contribution in [0.3, 0.4) is 0 Å². The first-order chi connectivity index (χ1) is 20.5. The third kappa shape index (κ3) is 4.98. The molecule has 0 unspecified atom stereocenters. The number of carbonyl (C=O) groups is 1. The van der Waals surface area contributed by atoms with Gasteiger partial charge in [-0.1, -0.05) is 23.9 Å². The Morgan fingerprint density at radius 3 is 2.55 bits per heavy atom. The largest absolute Gasteiger partial charge is 0.454 e. The molecule has 0 saturated carbocycles. The van der Waals surface area contributed by atoms with Crippen LogP contribution in [0.15, 0.2) is 75.5 Å². The van der Waals surface area contributed by atoms with Crippen LogP contribution in [0.25, 0.3) is 16.6 Å². The van der Waals surface area contributed by atoms with Crippen molar-refractivity contribution in [3.8, 4) is 23.0 Å². The summed E-state index contributed by atoms with van der Waals surface area (Å²) in [5, 5.41) is 3.64. The van der Waals surface area contributed by atoms with E-state index in [1.807, 2.05) is 18.2 Å². The summed E-state index contributed by atoms with van der Waals surface area (Å²) in [7, 11) is 0. The molecule has 12 nitrogen and oxygen atoms in total. The van der Waals surface area contributed by atoms with Gasteiger partial charge in [0, 0.05) is 43.6 Å². The molecule has 2 aliphatic rings. The monoisotopic (exact) mass is 585 g/mol. The summed E-state index contributed by atoms with van der Waals surface area (Å²) in [4.78, 5) is 48.4. The van der Waals surface area contributed by atoms with E-state index in [0.717, 1.165) is 5.56 Å². The SMILES string of the molecule is O=C(CCn1c(SCc2cc(=O)n3ccccc3n2)nc2cc3c(cc2c1=O)OCO3)NCc1ccc2c(c1)OCO2. The number of nitrogens with one attached hydrogen (secondary N) is 1. The van der Waals surface area contributed by atoms with Gasteiger partial charge >= 0.3 is 0 Å². The van der Waals surface area contributed by atoms with Gasteiger partial charge < -0.3 is 24.3 Å². The smallest absolute Gasteiger partial charge is 0.262 e. The number of thioether (sulfide) groups is 1. The Labute approximate surface area is 241 Å². The zero-order valence-electron chi connectivity index (χ0n) is 22.1. The van der Waals surface area contributed by atoms with Crippen LogP contribution in [-0.4, -0.2) is 38.4 Å². The predicted octanol–water partition coefficient (Wildman–Crippen LogP) is 2.86. The number of carbonyl (C=O) groups excluding carboxylic acids is 1. The van der Waals surface area contributed by atoms with E-state index in [2.05, 4.69) is 10.3 Å². The number of ether oxygens (including phenoxy) is 4. The molecule has 7 rings (SSSR count). The van der Waals surface area contributed by atoms with E-state index in [4.69, 9.17) is 23.9 Å². The Morgan fingerprint density at radius 1 is 0.905 bits per heavy atom. The number of hydrogen-bond acceptors (Lipinski definition) is 10.